The van der Waals surface area contributed by atoms with Crippen LogP contribution in [0.3, 0.4) is 0 Å². The summed E-state index contributed by atoms with van der Waals surface area (Å²) in [5.74, 6) is 0. The first-order valence-corrected chi connectivity index (χ1v) is 2.84. The fourth-order valence-corrected chi connectivity index (χ4v) is 0.314. The van der Waals surface area contributed by atoms with Crippen molar-refractivity contribution < 1.29 is 31.9 Å². The molecule has 0 unspecified atom stereocenters. The molecule has 0 atom stereocenters. The number of carbonyl (C=O) groups is 1. The average molecular weight is 258 g/mol. The molecule has 0 rings (SSSR count). The Morgan fingerprint density at radius 3 is 2.00 bits per heavy atom. The van der Waals surface area contributed by atoms with E-state index in [1.807, 2.05) is 0 Å². The van der Waals surface area contributed by atoms with Gasteiger partial charge in [-0.15, -0.1) is 0 Å². The second-order valence-electron chi connectivity index (χ2n) is 2.56. The van der Waals surface area contributed by atoms with E-state index in [0.717, 1.165) is 0 Å². The van der Waals surface area contributed by atoms with Crippen LogP contribution in [0.5, 0.6) is 0 Å². The molecule has 1 amide bonds. The predicted molar refractivity (Wildman–Crippen MR) is 35.4 cm³/mol. The number of nitrogens with zero attached hydrogens (tertiary/aromatic N) is 1. The Labute approximate surface area is 81.1 Å². The van der Waals surface area contributed by atoms with Crippen LogP contribution in [0.25, 0.3) is 4.84 Å². The molecule has 0 heterocycles. The fraction of sp³-hybridized carbons (Fsp3) is 0.800. The van der Waals surface area contributed by atoms with Crippen molar-refractivity contribution in [3.63, 3.8) is 0 Å². The molecule has 0 aliphatic carbocycles. The number of hydrogen-bond donors (Lipinski definition) is 0. The Balaban J connectivity index is 0. The minimum absolute atomic E-state index is 0. The van der Waals surface area contributed by atoms with Gasteiger partial charge in [0.1, 0.15) is 5.60 Å². The molecular formula is C5H9AgClNO2. The van der Waals surface area contributed by atoms with Crippen LogP contribution in [-0.4, -0.2) is 11.7 Å². The van der Waals surface area contributed by atoms with Crippen LogP contribution in [0.1, 0.15) is 20.8 Å². The van der Waals surface area contributed by atoms with Crippen LogP contribution in [-0.2, 0) is 27.1 Å². The van der Waals surface area contributed by atoms with Crippen molar-refractivity contribution in [1.29, 1.82) is 0 Å². The first-order chi connectivity index (χ1) is 3.95. The Morgan fingerprint density at radius 2 is 1.90 bits per heavy atom. The van der Waals surface area contributed by atoms with Crippen molar-refractivity contribution >= 4 is 17.9 Å². The van der Waals surface area contributed by atoms with Crippen molar-refractivity contribution in [3.05, 3.63) is 4.84 Å². The number of hydrogen-bond acceptors (Lipinski definition) is 2. The Hall–Kier alpha value is 0.300. The number of ether oxygens (including phenoxy) is 1. The van der Waals surface area contributed by atoms with E-state index >= 15 is 0 Å². The quantitative estimate of drug-likeness (QED) is 0.626. The molecule has 0 saturated carbocycles. The standard InChI is InChI=1S/C5H10ClNO2.Ag/c1-5(2,3)9-4(8)7-6;/h1-3H3,(H,7,8);/q;+1/p-1. The molecule has 0 aromatic rings. The summed E-state index contributed by atoms with van der Waals surface area (Å²) in [6, 6.07) is 0. The first-order valence-electron chi connectivity index (χ1n) is 2.51. The zero-order valence-corrected chi connectivity index (χ0v) is 8.18. The molecule has 3 nitrogen and oxygen atoms in total. The van der Waals surface area contributed by atoms with Gasteiger partial charge in [0.2, 0.25) is 6.09 Å². The van der Waals surface area contributed by atoms with Gasteiger partial charge in [-0.3, -0.25) is 4.79 Å². The Kier molecular flexibility index (Phi) is 6.49. The second-order valence-corrected chi connectivity index (χ2v) is 2.73. The minimum atomic E-state index is -0.746. The van der Waals surface area contributed by atoms with Gasteiger partial charge in [0.05, 0.1) is 0 Å². The first kappa shape index (κ1) is 12.9. The van der Waals surface area contributed by atoms with E-state index in [4.69, 9.17) is 11.8 Å². The zero-order valence-electron chi connectivity index (χ0n) is 5.94. The van der Waals surface area contributed by atoms with Gasteiger partial charge >= 0.3 is 22.4 Å². The normalized spacial score (nSPS) is 9.60. The zero-order chi connectivity index (χ0) is 7.49. The summed E-state index contributed by atoms with van der Waals surface area (Å²) in [5, 5.41) is 0. The monoisotopic (exact) mass is 257 g/mol. The Morgan fingerprint density at radius 1 is 1.50 bits per heavy atom. The van der Waals surface area contributed by atoms with E-state index in [1.165, 1.54) is 0 Å². The van der Waals surface area contributed by atoms with E-state index in [-0.39, 0.29) is 22.4 Å². The minimum Gasteiger partial charge on any atom is -0.534 e. The third kappa shape index (κ3) is 8.30. The van der Waals surface area contributed by atoms with Crippen molar-refractivity contribution in [3.8, 4) is 0 Å². The third-order valence-corrected chi connectivity index (χ3v) is 0.601. The van der Waals surface area contributed by atoms with Gasteiger partial charge in [-0.05, 0) is 20.8 Å². The molecule has 0 fully saturated rings. The van der Waals surface area contributed by atoms with Gasteiger partial charge in [-0.1, -0.05) is 0 Å². The van der Waals surface area contributed by atoms with Gasteiger partial charge in [0.25, 0.3) is 0 Å². The molecule has 0 aromatic heterocycles. The molecule has 0 N–H and O–H groups in total. The second kappa shape index (κ2) is 5.02. The number of halogens is 1. The number of amides is 1. The maximum absolute atomic E-state index is 10.3. The summed E-state index contributed by atoms with van der Waals surface area (Å²) in [6.45, 7) is 5.23. The summed E-state index contributed by atoms with van der Waals surface area (Å²) >= 11 is 4.81. The van der Waals surface area contributed by atoms with Crippen LogP contribution in [0, 0.1) is 0 Å². The molecule has 0 aliphatic rings. The maximum Gasteiger partial charge on any atom is 1.00 e. The topological polar surface area (TPSA) is 40.4 Å². The van der Waals surface area contributed by atoms with Crippen LogP contribution < -0.4 is 0 Å². The summed E-state index contributed by atoms with van der Waals surface area (Å²) in [4.78, 5) is 13.1. The molecule has 10 heavy (non-hydrogen) atoms. The summed E-state index contributed by atoms with van der Waals surface area (Å²) in [7, 11) is 0. The largest absolute Gasteiger partial charge is 1.00 e. The summed E-state index contributed by atoms with van der Waals surface area (Å²) in [5.41, 5.74) is -0.504. The molecule has 0 saturated heterocycles. The summed E-state index contributed by atoms with van der Waals surface area (Å²) < 4.78 is 4.65. The van der Waals surface area contributed by atoms with Gasteiger partial charge in [0.15, 0.2) is 0 Å². The predicted octanol–water partition coefficient (Wildman–Crippen LogP) is 2.45. The molecule has 5 heteroatoms. The van der Waals surface area contributed by atoms with Crippen LogP contribution >= 0.6 is 11.8 Å². The van der Waals surface area contributed by atoms with Crippen molar-refractivity contribution in [2.24, 2.45) is 0 Å². The van der Waals surface area contributed by atoms with Crippen molar-refractivity contribution in [2.75, 3.05) is 0 Å². The SMILES string of the molecule is CC(C)(C)OC(=O)[N-]Cl.[Ag+]. The van der Waals surface area contributed by atoms with E-state index in [2.05, 4.69) is 9.57 Å². The van der Waals surface area contributed by atoms with Crippen molar-refractivity contribution in [2.45, 2.75) is 26.4 Å². The van der Waals surface area contributed by atoms with Crippen LogP contribution in [0.15, 0.2) is 0 Å². The van der Waals surface area contributed by atoms with Gasteiger partial charge in [-0.25, -0.2) is 11.8 Å². The van der Waals surface area contributed by atoms with Crippen molar-refractivity contribution in [1.82, 2.24) is 0 Å². The van der Waals surface area contributed by atoms with Gasteiger partial charge in [-0.2, -0.15) is 0 Å². The molecule has 0 spiro atoms. The van der Waals surface area contributed by atoms with Gasteiger partial charge in [0, 0.05) is 0 Å². The molecular weight excluding hydrogens is 249 g/mol. The molecule has 0 radical (unpaired) electrons. The van der Waals surface area contributed by atoms with E-state index in [0.29, 0.717) is 0 Å². The molecule has 0 bridgehead atoms. The molecule has 64 valence electrons. The maximum atomic E-state index is 10.3. The average Bonchev–Trinajstić information content (AvgIpc) is 1.62. The van der Waals surface area contributed by atoms with E-state index in [9.17, 15) is 4.79 Å². The van der Waals surface area contributed by atoms with Gasteiger partial charge < -0.3 is 9.57 Å². The van der Waals surface area contributed by atoms with E-state index in [1.54, 1.807) is 20.8 Å². The van der Waals surface area contributed by atoms with E-state index < -0.39 is 11.7 Å². The smallest absolute Gasteiger partial charge is 0.534 e. The summed E-state index contributed by atoms with van der Waals surface area (Å²) in [6.07, 6.45) is -0.746. The Bertz CT molecular complexity index is 113. The van der Waals surface area contributed by atoms with Crippen LogP contribution in [0.2, 0.25) is 0 Å². The number of rotatable bonds is 0. The molecule has 0 aliphatic heterocycles. The molecule has 0 aromatic carbocycles. The van der Waals surface area contributed by atoms with Crippen LogP contribution in [0.4, 0.5) is 4.79 Å². The third-order valence-electron chi connectivity index (χ3n) is 0.463. The number of carbonyl (C=O) groups excluding carboxylic acids is 1. The fourth-order valence-electron chi connectivity index (χ4n) is 0.279.